The van der Waals surface area contributed by atoms with Crippen LogP contribution in [0.25, 0.3) is 0 Å². The molecule has 0 radical (unpaired) electrons. The number of para-hydroxylation sites is 2. The molecule has 1 fully saturated rings. The second-order valence-corrected chi connectivity index (χ2v) is 8.55. The van der Waals surface area contributed by atoms with Crippen LogP contribution in [0.3, 0.4) is 0 Å². The van der Waals surface area contributed by atoms with E-state index in [1.165, 1.54) is 0 Å². The molecule has 1 aliphatic heterocycles. The summed E-state index contributed by atoms with van der Waals surface area (Å²) < 4.78 is 12.9. The van der Waals surface area contributed by atoms with E-state index in [2.05, 4.69) is 61.7 Å². The molecule has 0 N–H and O–H groups in total. The first kappa shape index (κ1) is 22.9. The fraction of sp³-hybridized carbons (Fsp3) is 0.296. The van der Waals surface area contributed by atoms with Crippen LogP contribution in [0.2, 0.25) is 0 Å². The molecular weight excluding hydrogens is 440 g/mol. The number of hydrogen-bond donors (Lipinski definition) is 0. The van der Waals surface area contributed by atoms with Crippen LogP contribution in [0.5, 0.6) is 11.5 Å². The quantitative estimate of drug-likeness (QED) is 0.389. The second kappa shape index (κ2) is 10.6. The van der Waals surface area contributed by atoms with Crippen molar-refractivity contribution in [2.75, 3.05) is 45.3 Å². The SMILES string of the molecule is COc1ccc([C@H](c2nnnn2Cc2ccccc2)N2CCN(c3ccccc3OC)CC2)cc1. The van der Waals surface area contributed by atoms with Gasteiger partial charge in [0, 0.05) is 26.2 Å². The predicted molar refractivity (Wildman–Crippen MR) is 135 cm³/mol. The summed E-state index contributed by atoms with van der Waals surface area (Å²) in [5.41, 5.74) is 3.43. The smallest absolute Gasteiger partial charge is 0.173 e. The normalized spacial score (nSPS) is 15.1. The number of tetrazole rings is 1. The van der Waals surface area contributed by atoms with E-state index in [0.717, 1.165) is 60.3 Å². The van der Waals surface area contributed by atoms with Gasteiger partial charge in [0.2, 0.25) is 0 Å². The lowest BCUT2D eigenvalue weighted by Gasteiger charge is -2.40. The molecule has 0 bridgehead atoms. The molecule has 0 amide bonds. The van der Waals surface area contributed by atoms with Crippen LogP contribution in [-0.4, -0.2) is 65.5 Å². The van der Waals surface area contributed by atoms with Gasteiger partial charge in [0.05, 0.1) is 32.5 Å². The summed E-state index contributed by atoms with van der Waals surface area (Å²) in [6.07, 6.45) is 0. The van der Waals surface area contributed by atoms with E-state index in [1.54, 1.807) is 14.2 Å². The number of hydrogen-bond acceptors (Lipinski definition) is 7. The van der Waals surface area contributed by atoms with Crippen molar-refractivity contribution in [1.82, 2.24) is 25.1 Å². The summed E-state index contributed by atoms with van der Waals surface area (Å²) >= 11 is 0. The Morgan fingerprint density at radius 2 is 1.51 bits per heavy atom. The first-order valence-electron chi connectivity index (χ1n) is 11.8. The molecule has 0 unspecified atom stereocenters. The van der Waals surface area contributed by atoms with Crippen molar-refractivity contribution in [3.05, 3.63) is 95.8 Å². The van der Waals surface area contributed by atoms with Crippen LogP contribution < -0.4 is 14.4 Å². The lowest BCUT2D eigenvalue weighted by Crippen LogP contribution is -2.48. The maximum Gasteiger partial charge on any atom is 0.173 e. The topological polar surface area (TPSA) is 68.5 Å². The summed E-state index contributed by atoms with van der Waals surface area (Å²) in [7, 11) is 3.41. The van der Waals surface area contributed by atoms with Gasteiger partial charge in [0.25, 0.3) is 0 Å². The summed E-state index contributed by atoms with van der Waals surface area (Å²) in [5.74, 6) is 2.57. The van der Waals surface area contributed by atoms with Crippen LogP contribution in [0, 0.1) is 0 Å². The molecule has 35 heavy (non-hydrogen) atoms. The van der Waals surface area contributed by atoms with E-state index in [4.69, 9.17) is 9.47 Å². The Hall–Kier alpha value is -3.91. The van der Waals surface area contributed by atoms with E-state index in [9.17, 15) is 0 Å². The number of aromatic nitrogens is 4. The van der Waals surface area contributed by atoms with Gasteiger partial charge in [-0.05, 0) is 45.8 Å². The molecule has 0 spiro atoms. The maximum absolute atomic E-state index is 5.60. The van der Waals surface area contributed by atoms with Gasteiger partial charge in [0.15, 0.2) is 5.82 Å². The van der Waals surface area contributed by atoms with Crippen LogP contribution in [0.15, 0.2) is 78.9 Å². The van der Waals surface area contributed by atoms with Crippen molar-refractivity contribution >= 4 is 5.69 Å². The average Bonchev–Trinajstić information content (AvgIpc) is 3.37. The third kappa shape index (κ3) is 4.97. The fourth-order valence-corrected chi connectivity index (χ4v) is 4.70. The number of piperazine rings is 1. The Morgan fingerprint density at radius 3 is 2.23 bits per heavy atom. The van der Waals surface area contributed by atoms with Crippen molar-refractivity contribution in [2.24, 2.45) is 0 Å². The fourth-order valence-electron chi connectivity index (χ4n) is 4.70. The molecule has 4 aromatic rings. The Balaban J connectivity index is 1.43. The first-order chi connectivity index (χ1) is 17.3. The van der Waals surface area contributed by atoms with Crippen LogP contribution in [0.4, 0.5) is 5.69 Å². The molecule has 8 heteroatoms. The summed E-state index contributed by atoms with van der Waals surface area (Å²) in [4.78, 5) is 4.84. The highest BCUT2D eigenvalue weighted by Crippen LogP contribution is 2.33. The number of methoxy groups -OCH3 is 2. The largest absolute Gasteiger partial charge is 0.497 e. The molecule has 8 nitrogen and oxygen atoms in total. The summed E-state index contributed by atoms with van der Waals surface area (Å²) in [6, 6.07) is 26.6. The Kier molecular flexibility index (Phi) is 6.90. The Labute approximate surface area is 205 Å². The zero-order valence-corrected chi connectivity index (χ0v) is 20.1. The predicted octanol–water partition coefficient (Wildman–Crippen LogP) is 3.65. The summed E-state index contributed by atoms with van der Waals surface area (Å²) in [5, 5.41) is 12.9. The Morgan fingerprint density at radius 1 is 0.800 bits per heavy atom. The van der Waals surface area contributed by atoms with Gasteiger partial charge in [-0.25, -0.2) is 4.68 Å². The third-order valence-corrected chi connectivity index (χ3v) is 6.52. The molecule has 1 atom stereocenters. The van der Waals surface area contributed by atoms with Gasteiger partial charge >= 0.3 is 0 Å². The van der Waals surface area contributed by atoms with Crippen LogP contribution in [0.1, 0.15) is 23.0 Å². The molecule has 0 aliphatic carbocycles. The van der Waals surface area contributed by atoms with E-state index >= 15 is 0 Å². The van der Waals surface area contributed by atoms with Gasteiger partial charge in [-0.15, -0.1) is 5.10 Å². The average molecular weight is 471 g/mol. The zero-order chi connectivity index (χ0) is 24.0. The summed E-state index contributed by atoms with van der Waals surface area (Å²) in [6.45, 7) is 4.12. The van der Waals surface area contributed by atoms with Crippen molar-refractivity contribution in [1.29, 1.82) is 0 Å². The van der Waals surface area contributed by atoms with E-state index in [1.807, 2.05) is 47.1 Å². The van der Waals surface area contributed by atoms with Crippen molar-refractivity contribution in [3.8, 4) is 11.5 Å². The molecule has 1 saturated heterocycles. The number of nitrogens with zero attached hydrogens (tertiary/aromatic N) is 6. The number of benzene rings is 3. The molecule has 1 aliphatic rings. The van der Waals surface area contributed by atoms with Crippen molar-refractivity contribution < 1.29 is 9.47 Å². The Bertz CT molecular complexity index is 1220. The molecule has 2 heterocycles. The third-order valence-electron chi connectivity index (χ3n) is 6.52. The molecule has 180 valence electrons. The maximum atomic E-state index is 5.60. The first-order valence-corrected chi connectivity index (χ1v) is 11.8. The molecule has 0 saturated carbocycles. The zero-order valence-electron chi connectivity index (χ0n) is 20.1. The minimum Gasteiger partial charge on any atom is -0.497 e. The highest BCUT2D eigenvalue weighted by molar-refractivity contribution is 5.58. The van der Waals surface area contributed by atoms with Crippen LogP contribution >= 0.6 is 0 Å². The second-order valence-electron chi connectivity index (χ2n) is 8.55. The number of ether oxygens (including phenoxy) is 2. The monoisotopic (exact) mass is 470 g/mol. The number of anilines is 1. The van der Waals surface area contributed by atoms with Gasteiger partial charge < -0.3 is 14.4 Å². The molecular formula is C27H30N6O2. The van der Waals surface area contributed by atoms with E-state index in [0.29, 0.717) is 6.54 Å². The van der Waals surface area contributed by atoms with Crippen LogP contribution in [-0.2, 0) is 6.54 Å². The van der Waals surface area contributed by atoms with Gasteiger partial charge in [-0.2, -0.15) is 0 Å². The van der Waals surface area contributed by atoms with Gasteiger partial charge in [-0.3, -0.25) is 4.90 Å². The minimum atomic E-state index is -0.0700. The highest BCUT2D eigenvalue weighted by Gasteiger charge is 2.31. The number of rotatable bonds is 8. The van der Waals surface area contributed by atoms with Crippen molar-refractivity contribution in [2.45, 2.75) is 12.6 Å². The lowest BCUT2D eigenvalue weighted by atomic mass is 10.0. The highest BCUT2D eigenvalue weighted by atomic mass is 16.5. The minimum absolute atomic E-state index is 0.0700. The molecule has 3 aromatic carbocycles. The van der Waals surface area contributed by atoms with E-state index < -0.39 is 0 Å². The van der Waals surface area contributed by atoms with Gasteiger partial charge in [-0.1, -0.05) is 54.6 Å². The van der Waals surface area contributed by atoms with Gasteiger partial charge in [0.1, 0.15) is 11.5 Å². The standard InChI is InChI=1S/C27H30N6O2/c1-34-23-14-12-22(13-15-23)26(27-28-29-30-33(27)20-21-8-4-3-5-9-21)32-18-16-31(17-19-32)24-10-6-7-11-25(24)35-2/h3-15,26H,16-20H2,1-2H3/t26-/m1/s1. The van der Waals surface area contributed by atoms with Crippen molar-refractivity contribution in [3.63, 3.8) is 0 Å². The lowest BCUT2D eigenvalue weighted by molar-refractivity contribution is 0.201. The van der Waals surface area contributed by atoms with E-state index in [-0.39, 0.29) is 6.04 Å². The molecule has 1 aromatic heterocycles. The molecule has 5 rings (SSSR count).